The fourth-order valence-corrected chi connectivity index (χ4v) is 3.14. The lowest BCUT2D eigenvalue weighted by Gasteiger charge is -2.07. The van der Waals surface area contributed by atoms with Crippen LogP contribution in [0.2, 0.25) is 5.02 Å². The third-order valence-electron chi connectivity index (χ3n) is 2.41. The monoisotopic (exact) mass is 358 g/mol. The maximum atomic E-state index is 11.7. The van der Waals surface area contributed by atoms with Crippen molar-refractivity contribution in [1.29, 1.82) is 0 Å². The van der Waals surface area contributed by atoms with Gasteiger partial charge in [-0.2, -0.15) is 0 Å². The first-order valence-corrected chi connectivity index (χ1v) is 7.69. The van der Waals surface area contributed by atoms with Crippen LogP contribution < -0.4 is 10.6 Å². The fourth-order valence-electron chi connectivity index (χ4n) is 1.50. The number of rotatable bonds is 5. The summed E-state index contributed by atoms with van der Waals surface area (Å²) in [5.41, 5.74) is 0.633. The highest BCUT2D eigenvalue weighted by Crippen LogP contribution is 2.22. The molecule has 0 fully saturated rings. The van der Waals surface area contributed by atoms with E-state index in [1.54, 1.807) is 23.5 Å². The van der Waals surface area contributed by atoms with Crippen LogP contribution in [0, 0.1) is 0 Å². The van der Waals surface area contributed by atoms with Crippen molar-refractivity contribution in [3.05, 3.63) is 50.1 Å². The van der Waals surface area contributed by atoms with Crippen molar-refractivity contribution >= 4 is 50.5 Å². The Bertz CT molecular complexity index is 573. The summed E-state index contributed by atoms with van der Waals surface area (Å²) in [5.74, 6) is -0.110. The molecular formula is C13H12BrClN2OS. The van der Waals surface area contributed by atoms with Crippen molar-refractivity contribution in [1.82, 2.24) is 5.32 Å². The summed E-state index contributed by atoms with van der Waals surface area (Å²) in [6.45, 7) is 0.907. The molecule has 2 rings (SSSR count). The Kier molecular flexibility index (Phi) is 5.39. The number of hydrogen-bond donors (Lipinski definition) is 2. The van der Waals surface area contributed by atoms with Crippen LogP contribution in [0.3, 0.4) is 0 Å². The molecule has 0 radical (unpaired) electrons. The second-order valence-electron chi connectivity index (χ2n) is 3.82. The minimum Gasteiger partial charge on any atom is -0.324 e. The first kappa shape index (κ1) is 14.5. The number of nitrogens with one attached hydrogen (secondary N) is 2. The largest absolute Gasteiger partial charge is 0.324 e. The average Bonchev–Trinajstić information content (AvgIpc) is 2.78. The molecule has 3 nitrogen and oxygen atoms in total. The molecule has 0 saturated carbocycles. The normalized spacial score (nSPS) is 10.4. The predicted octanol–water partition coefficient (Wildman–Crippen LogP) is 3.89. The summed E-state index contributed by atoms with van der Waals surface area (Å²) < 4.78 is 1.07. The lowest BCUT2D eigenvalue weighted by atomic mass is 10.3. The van der Waals surface area contributed by atoms with Gasteiger partial charge in [-0.05, 0) is 39.5 Å². The number of carbonyl (C=O) groups excluding carboxylic acids is 1. The fraction of sp³-hybridized carbons (Fsp3) is 0.154. The molecule has 2 N–H and O–H groups in total. The maximum Gasteiger partial charge on any atom is 0.238 e. The summed E-state index contributed by atoms with van der Waals surface area (Å²) in [6.07, 6.45) is 0. The molecule has 0 unspecified atom stereocenters. The van der Waals surface area contributed by atoms with Crippen molar-refractivity contribution in [3.63, 3.8) is 0 Å². The van der Waals surface area contributed by atoms with Crippen molar-refractivity contribution in [3.8, 4) is 0 Å². The molecule has 2 aromatic rings. The van der Waals surface area contributed by atoms with Gasteiger partial charge in [0.1, 0.15) is 0 Å². The standard InChI is InChI=1S/C13H12BrClN2OS/c14-9-5-6-19-12(9)7-16-8-13(18)17-11-4-2-1-3-10(11)15/h1-6,16H,7-8H2,(H,17,18). The van der Waals surface area contributed by atoms with E-state index in [0.717, 1.165) is 4.47 Å². The van der Waals surface area contributed by atoms with Gasteiger partial charge in [0.25, 0.3) is 0 Å². The molecule has 0 aliphatic carbocycles. The summed E-state index contributed by atoms with van der Waals surface area (Å²) in [5, 5.41) is 8.40. The van der Waals surface area contributed by atoms with Gasteiger partial charge >= 0.3 is 0 Å². The molecule has 19 heavy (non-hydrogen) atoms. The van der Waals surface area contributed by atoms with E-state index >= 15 is 0 Å². The second-order valence-corrected chi connectivity index (χ2v) is 6.09. The second kappa shape index (κ2) is 7.05. The van der Waals surface area contributed by atoms with E-state index in [-0.39, 0.29) is 12.5 Å². The lowest BCUT2D eigenvalue weighted by molar-refractivity contribution is -0.115. The molecule has 100 valence electrons. The zero-order chi connectivity index (χ0) is 13.7. The number of carbonyl (C=O) groups is 1. The highest BCUT2D eigenvalue weighted by Gasteiger charge is 2.06. The zero-order valence-electron chi connectivity index (χ0n) is 9.95. The van der Waals surface area contributed by atoms with E-state index in [1.165, 1.54) is 4.88 Å². The number of thiophene rings is 1. The van der Waals surface area contributed by atoms with E-state index in [2.05, 4.69) is 26.6 Å². The summed E-state index contributed by atoms with van der Waals surface area (Å²) in [6, 6.07) is 9.16. The minimum absolute atomic E-state index is 0.110. The number of halogens is 2. The van der Waals surface area contributed by atoms with Gasteiger partial charge in [-0.3, -0.25) is 4.79 Å². The Morgan fingerprint density at radius 1 is 1.32 bits per heavy atom. The van der Waals surface area contributed by atoms with E-state index < -0.39 is 0 Å². The molecule has 0 aliphatic rings. The van der Waals surface area contributed by atoms with E-state index in [4.69, 9.17) is 11.6 Å². The molecule has 6 heteroatoms. The smallest absolute Gasteiger partial charge is 0.238 e. The Hall–Kier alpha value is -0.880. The highest BCUT2D eigenvalue weighted by atomic mass is 79.9. The van der Waals surface area contributed by atoms with Crippen LogP contribution in [0.15, 0.2) is 40.2 Å². The van der Waals surface area contributed by atoms with Gasteiger partial charge in [-0.1, -0.05) is 23.7 Å². The van der Waals surface area contributed by atoms with Crippen molar-refractivity contribution < 1.29 is 4.79 Å². The van der Waals surface area contributed by atoms with E-state index in [1.807, 2.05) is 23.6 Å². The Morgan fingerprint density at radius 2 is 2.11 bits per heavy atom. The Balaban J connectivity index is 1.79. The highest BCUT2D eigenvalue weighted by molar-refractivity contribution is 9.10. The summed E-state index contributed by atoms with van der Waals surface area (Å²) in [7, 11) is 0. The topological polar surface area (TPSA) is 41.1 Å². The molecule has 1 amide bonds. The van der Waals surface area contributed by atoms with Crippen molar-refractivity contribution in [2.24, 2.45) is 0 Å². The molecule has 0 saturated heterocycles. The molecule has 1 heterocycles. The average molecular weight is 360 g/mol. The minimum atomic E-state index is -0.110. The van der Waals surface area contributed by atoms with Gasteiger partial charge in [0.2, 0.25) is 5.91 Å². The number of benzene rings is 1. The van der Waals surface area contributed by atoms with Crippen molar-refractivity contribution in [2.45, 2.75) is 6.54 Å². The third kappa shape index (κ3) is 4.31. The van der Waals surface area contributed by atoms with Gasteiger partial charge in [-0.25, -0.2) is 0 Å². The Morgan fingerprint density at radius 3 is 2.79 bits per heavy atom. The molecule has 0 spiro atoms. The zero-order valence-corrected chi connectivity index (χ0v) is 13.1. The SMILES string of the molecule is O=C(CNCc1sccc1Br)Nc1ccccc1Cl. The quantitative estimate of drug-likeness (QED) is 0.850. The number of para-hydroxylation sites is 1. The van der Waals surface area contributed by atoms with Gasteiger partial charge in [0.05, 0.1) is 17.3 Å². The van der Waals surface area contributed by atoms with Gasteiger partial charge in [0, 0.05) is 15.9 Å². The summed E-state index contributed by atoms with van der Waals surface area (Å²) >= 11 is 11.1. The number of hydrogen-bond acceptors (Lipinski definition) is 3. The molecule has 0 aliphatic heterocycles. The summed E-state index contributed by atoms with van der Waals surface area (Å²) in [4.78, 5) is 12.9. The van der Waals surface area contributed by atoms with Gasteiger partial charge in [0.15, 0.2) is 0 Å². The molecule has 1 aromatic carbocycles. The van der Waals surface area contributed by atoms with E-state index in [0.29, 0.717) is 17.3 Å². The number of amides is 1. The van der Waals surface area contributed by atoms with Gasteiger partial charge < -0.3 is 10.6 Å². The van der Waals surface area contributed by atoms with Crippen LogP contribution >= 0.6 is 38.9 Å². The van der Waals surface area contributed by atoms with Crippen LogP contribution in [0.5, 0.6) is 0 Å². The van der Waals surface area contributed by atoms with Crippen LogP contribution in [-0.4, -0.2) is 12.5 Å². The number of anilines is 1. The molecular weight excluding hydrogens is 348 g/mol. The van der Waals surface area contributed by atoms with Crippen LogP contribution in [-0.2, 0) is 11.3 Å². The Labute approximate surface area is 129 Å². The first-order valence-electron chi connectivity index (χ1n) is 5.64. The van der Waals surface area contributed by atoms with Gasteiger partial charge in [-0.15, -0.1) is 11.3 Å². The predicted molar refractivity (Wildman–Crippen MR) is 83.8 cm³/mol. The molecule has 1 aromatic heterocycles. The molecule has 0 bridgehead atoms. The van der Waals surface area contributed by atoms with Crippen LogP contribution in [0.4, 0.5) is 5.69 Å². The van der Waals surface area contributed by atoms with E-state index in [9.17, 15) is 4.79 Å². The third-order valence-corrected chi connectivity index (χ3v) is 4.67. The van der Waals surface area contributed by atoms with Crippen molar-refractivity contribution in [2.75, 3.05) is 11.9 Å². The lowest BCUT2D eigenvalue weighted by Crippen LogP contribution is -2.27. The maximum absolute atomic E-state index is 11.7. The van der Waals surface area contributed by atoms with Crippen LogP contribution in [0.1, 0.15) is 4.88 Å². The molecule has 0 atom stereocenters. The first-order chi connectivity index (χ1) is 9.16. The van der Waals surface area contributed by atoms with Crippen LogP contribution in [0.25, 0.3) is 0 Å².